The second-order valence-electron chi connectivity index (χ2n) is 24.7. The molecule has 0 aromatic carbocycles. The molecule has 3 unspecified atom stereocenters. The van der Waals surface area contributed by atoms with Gasteiger partial charge in [0.15, 0.2) is 0 Å². The van der Waals surface area contributed by atoms with E-state index in [0.29, 0.717) is 11.8 Å². The zero-order valence-corrected chi connectivity index (χ0v) is 52.4. The lowest BCUT2D eigenvalue weighted by Gasteiger charge is -2.28. The topological polar surface area (TPSA) is 26.6 Å². The minimum atomic E-state index is 0. The van der Waals surface area contributed by atoms with E-state index in [-0.39, 0.29) is 1.43 Å². The van der Waals surface area contributed by atoms with E-state index in [0.717, 1.165) is 68.9 Å². The lowest BCUT2D eigenvalue weighted by molar-refractivity contribution is 0.143. The van der Waals surface area contributed by atoms with Crippen molar-refractivity contribution in [1.82, 2.24) is 9.47 Å². The summed E-state index contributed by atoms with van der Waals surface area (Å²) in [5.74, 6) is 5.16. The Bertz CT molecular complexity index is 1530. The van der Waals surface area contributed by atoms with Crippen molar-refractivity contribution in [3.05, 3.63) is 59.7 Å². The molecule has 1 fully saturated rings. The van der Waals surface area contributed by atoms with Crippen LogP contribution in [-0.4, -0.2) is 42.3 Å². The van der Waals surface area contributed by atoms with Gasteiger partial charge in [-0.15, -0.1) is 0 Å². The molecule has 2 rings (SSSR count). The predicted molar refractivity (Wildman–Crippen MR) is 339 cm³/mol. The molecule has 1 aromatic heterocycles. The van der Waals surface area contributed by atoms with Gasteiger partial charge in [-0.2, -0.15) is 0 Å². The Morgan fingerprint density at radius 3 is 1.26 bits per heavy atom. The quantitative estimate of drug-likeness (QED) is 0.0369. The van der Waals surface area contributed by atoms with E-state index in [1.807, 2.05) is 0 Å². The van der Waals surface area contributed by atoms with Gasteiger partial charge in [0, 0.05) is 45.8 Å². The SMILES string of the molecule is C=C=C(CCCCCCCN(CCn1ccc(CC)c1C)CC(CCCCCC(=C=C)OCC(CCCCCCCC)CCCCCCCCCC)C1CC1)OCC(CCCCCCCC)CCCCCCCCCC.[HH]. The molecule has 76 heavy (non-hydrogen) atoms. The molecule has 4 nitrogen and oxygen atoms in total. The number of ether oxygens (including phenoxy) is 2. The van der Waals surface area contributed by atoms with Gasteiger partial charge >= 0.3 is 0 Å². The first-order chi connectivity index (χ1) is 37.4. The van der Waals surface area contributed by atoms with Crippen molar-refractivity contribution < 1.29 is 10.9 Å². The third-order valence-corrected chi connectivity index (χ3v) is 17.8. The van der Waals surface area contributed by atoms with E-state index in [9.17, 15) is 0 Å². The molecule has 0 saturated heterocycles. The van der Waals surface area contributed by atoms with Crippen LogP contribution in [0.15, 0.2) is 48.4 Å². The van der Waals surface area contributed by atoms with Crippen LogP contribution in [0, 0.1) is 30.6 Å². The number of allylic oxidation sites excluding steroid dienone is 2. The largest absolute Gasteiger partial charge is 0.490 e. The van der Waals surface area contributed by atoms with Crippen LogP contribution >= 0.6 is 0 Å². The van der Waals surface area contributed by atoms with Gasteiger partial charge in [0.1, 0.15) is 11.5 Å². The maximum atomic E-state index is 6.55. The summed E-state index contributed by atoms with van der Waals surface area (Å²) < 4.78 is 15.6. The predicted octanol–water partition coefficient (Wildman–Crippen LogP) is 23.4. The fourth-order valence-corrected chi connectivity index (χ4v) is 12.2. The molecule has 0 spiro atoms. The Kier molecular flexibility index (Phi) is 47.0. The van der Waals surface area contributed by atoms with Gasteiger partial charge in [0.25, 0.3) is 0 Å². The Balaban J connectivity index is 0.0000296. The van der Waals surface area contributed by atoms with Crippen LogP contribution in [0.4, 0.5) is 0 Å². The summed E-state index contributed by atoms with van der Waals surface area (Å²) >= 11 is 0. The van der Waals surface area contributed by atoms with Crippen molar-refractivity contribution in [2.75, 3.05) is 32.8 Å². The molecule has 0 aliphatic heterocycles. The molecular formula is C72H134N2O2. The molecule has 3 atom stereocenters. The normalized spacial score (nSPS) is 13.7. The van der Waals surface area contributed by atoms with Gasteiger partial charge in [0.2, 0.25) is 0 Å². The number of unbranched alkanes of at least 4 members (excludes halogenated alkanes) is 30. The molecule has 0 amide bonds. The first-order valence-corrected chi connectivity index (χ1v) is 34.3. The highest BCUT2D eigenvalue weighted by Gasteiger charge is 2.32. The van der Waals surface area contributed by atoms with Crippen LogP contribution in [0.5, 0.6) is 0 Å². The molecule has 1 heterocycles. The van der Waals surface area contributed by atoms with Crippen molar-refractivity contribution in [3.8, 4) is 0 Å². The first kappa shape index (κ1) is 70.0. The van der Waals surface area contributed by atoms with Crippen LogP contribution < -0.4 is 0 Å². The van der Waals surface area contributed by atoms with Gasteiger partial charge in [-0.3, -0.25) is 0 Å². The van der Waals surface area contributed by atoms with E-state index in [1.54, 1.807) is 0 Å². The zero-order valence-electron chi connectivity index (χ0n) is 52.4. The summed E-state index contributed by atoms with van der Waals surface area (Å²) in [7, 11) is 0. The van der Waals surface area contributed by atoms with Crippen LogP contribution in [0.25, 0.3) is 0 Å². The fraction of sp³-hybridized carbons (Fsp3) is 0.861. The molecule has 1 saturated carbocycles. The second kappa shape index (κ2) is 51.1. The van der Waals surface area contributed by atoms with Gasteiger partial charge in [-0.1, -0.05) is 271 Å². The van der Waals surface area contributed by atoms with Gasteiger partial charge in [0.05, 0.1) is 13.2 Å². The Morgan fingerprint density at radius 1 is 0.513 bits per heavy atom. The van der Waals surface area contributed by atoms with Crippen molar-refractivity contribution >= 4 is 0 Å². The standard InChI is InChI=1S/C72H132N2O2.H2/c1-9-16-20-24-28-30-35-42-50-66(48-40-33-26-22-18-11-3)63-75-71(14-6)53-45-37-32-38-47-58-73(60-61-74-59-57-68(13-5)65(74)8)62-70(69-55-56-69)52-44-39-46-54-72(15-7)76-64-67(49-41-34-27-23-19-12-4)51-43-36-31-29-25-21-17-10-2;/h57,59,66-67,69-70H,6-7,9-13,16-56,58,60-64H2,1-5,8H3;1H. The molecule has 1 aliphatic carbocycles. The highest BCUT2D eigenvalue weighted by molar-refractivity contribution is 5.20. The molecule has 1 aliphatic rings. The minimum absolute atomic E-state index is 0. The molecule has 0 N–H and O–H groups in total. The Morgan fingerprint density at radius 2 is 0.882 bits per heavy atom. The Labute approximate surface area is 477 Å². The van der Waals surface area contributed by atoms with Crippen LogP contribution in [-0.2, 0) is 22.4 Å². The maximum Gasteiger partial charge on any atom is 0.137 e. The minimum Gasteiger partial charge on any atom is -0.490 e. The van der Waals surface area contributed by atoms with Crippen molar-refractivity contribution in [2.45, 2.75) is 343 Å². The number of aryl methyl sites for hydroxylation is 1. The number of nitrogens with zero attached hydrogens (tertiary/aromatic N) is 2. The second-order valence-corrected chi connectivity index (χ2v) is 24.7. The highest BCUT2D eigenvalue weighted by Crippen LogP contribution is 2.40. The van der Waals surface area contributed by atoms with Crippen molar-refractivity contribution in [3.63, 3.8) is 0 Å². The molecule has 0 bridgehead atoms. The van der Waals surface area contributed by atoms with E-state index >= 15 is 0 Å². The lowest BCUT2D eigenvalue weighted by atomic mass is 9.94. The molecule has 0 radical (unpaired) electrons. The van der Waals surface area contributed by atoms with E-state index < -0.39 is 0 Å². The summed E-state index contributed by atoms with van der Waals surface area (Å²) in [6, 6.07) is 2.35. The number of rotatable bonds is 59. The molecular weight excluding hydrogens is 925 g/mol. The lowest BCUT2D eigenvalue weighted by Crippen LogP contribution is -2.34. The van der Waals surface area contributed by atoms with Gasteiger partial charge in [-0.05, 0) is 119 Å². The smallest absolute Gasteiger partial charge is 0.137 e. The van der Waals surface area contributed by atoms with Gasteiger partial charge < -0.3 is 18.9 Å². The maximum absolute atomic E-state index is 6.55. The summed E-state index contributed by atoms with van der Waals surface area (Å²) in [6.45, 7) is 28.6. The third-order valence-electron chi connectivity index (χ3n) is 17.8. The zero-order chi connectivity index (χ0) is 54.8. The van der Waals surface area contributed by atoms with E-state index in [2.05, 4.69) is 87.9 Å². The van der Waals surface area contributed by atoms with Crippen LogP contribution in [0.1, 0.15) is 336 Å². The van der Waals surface area contributed by atoms with Crippen molar-refractivity contribution in [1.29, 1.82) is 0 Å². The molecule has 4 heteroatoms. The fourth-order valence-electron chi connectivity index (χ4n) is 12.2. The summed E-state index contributed by atoms with van der Waals surface area (Å²) in [5, 5.41) is 0. The summed E-state index contributed by atoms with van der Waals surface area (Å²) in [4.78, 5) is 2.87. The van der Waals surface area contributed by atoms with E-state index in [1.165, 1.54) is 300 Å². The third kappa shape index (κ3) is 38.5. The number of hydrogen-bond acceptors (Lipinski definition) is 3. The number of hydrogen-bond donors (Lipinski definition) is 0. The van der Waals surface area contributed by atoms with Crippen molar-refractivity contribution in [2.24, 2.45) is 23.7 Å². The van der Waals surface area contributed by atoms with Gasteiger partial charge in [-0.25, -0.2) is 0 Å². The monoisotopic (exact) mass is 1060 g/mol. The summed E-state index contributed by atoms with van der Waals surface area (Å²) in [6.07, 6.45) is 64.0. The van der Waals surface area contributed by atoms with Crippen LogP contribution in [0.2, 0.25) is 0 Å². The highest BCUT2D eigenvalue weighted by atomic mass is 16.5. The van der Waals surface area contributed by atoms with Crippen LogP contribution in [0.3, 0.4) is 0 Å². The number of aromatic nitrogens is 1. The summed E-state index contributed by atoms with van der Waals surface area (Å²) in [5.41, 5.74) is 9.42. The average molecular weight is 1060 g/mol. The molecule has 444 valence electrons. The first-order valence-electron chi connectivity index (χ1n) is 34.3. The Hall–Kier alpha value is -2.12. The molecule has 1 aromatic rings. The average Bonchev–Trinajstić information content (AvgIpc) is 4.22. The van der Waals surface area contributed by atoms with E-state index in [4.69, 9.17) is 9.47 Å².